The van der Waals surface area contributed by atoms with Crippen LogP contribution in [0, 0.1) is 5.92 Å². The molecule has 1 amide bonds. The van der Waals surface area contributed by atoms with Crippen LogP contribution in [-0.2, 0) is 19.7 Å². The molecule has 2 rings (SSSR count). The number of hydrogen-bond acceptors (Lipinski definition) is 4. The van der Waals surface area contributed by atoms with E-state index in [-0.39, 0.29) is 24.9 Å². The third-order valence-electron chi connectivity index (χ3n) is 3.48. The van der Waals surface area contributed by atoms with Gasteiger partial charge < -0.3 is 9.64 Å². The monoisotopic (exact) mass is 277 g/mol. The Morgan fingerprint density at radius 2 is 1.67 bits per heavy atom. The molecule has 0 aromatic heterocycles. The minimum atomic E-state index is -3.62. The van der Waals surface area contributed by atoms with Gasteiger partial charge in [-0.3, -0.25) is 4.79 Å². The number of carbonyl (C=O) groups is 1. The van der Waals surface area contributed by atoms with E-state index in [2.05, 4.69) is 0 Å². The normalized spacial score (nSPS) is 24.2. The predicted octanol–water partition coefficient (Wildman–Crippen LogP) is -1.24. The Morgan fingerprint density at radius 3 is 2.17 bits per heavy atom. The maximum Gasteiger partial charge on any atom is 0.277 e. The maximum absolute atomic E-state index is 12.2. The number of piperazine rings is 1. The zero-order valence-electron chi connectivity index (χ0n) is 10.2. The second-order valence-corrected chi connectivity index (χ2v) is 6.20. The topological polar surface area (TPSA) is 92.9 Å². The minimum Gasteiger partial charge on any atom is -0.381 e. The quantitative estimate of drug-likeness (QED) is 0.683. The smallest absolute Gasteiger partial charge is 0.277 e. The summed E-state index contributed by atoms with van der Waals surface area (Å²) in [6.07, 6.45) is 1.52. The number of ether oxygens (including phenoxy) is 1. The van der Waals surface area contributed by atoms with Crippen LogP contribution in [-0.4, -0.2) is 62.9 Å². The summed E-state index contributed by atoms with van der Waals surface area (Å²) >= 11 is 0. The number of nitrogens with two attached hydrogens (primary N) is 1. The zero-order valence-corrected chi connectivity index (χ0v) is 11.1. The highest BCUT2D eigenvalue weighted by Crippen LogP contribution is 2.18. The van der Waals surface area contributed by atoms with E-state index >= 15 is 0 Å². The Morgan fingerprint density at radius 1 is 1.11 bits per heavy atom. The number of rotatable bonds is 2. The molecule has 2 aliphatic rings. The summed E-state index contributed by atoms with van der Waals surface area (Å²) in [5, 5.41) is 5.05. The van der Waals surface area contributed by atoms with Crippen LogP contribution in [0.1, 0.15) is 12.8 Å². The fraction of sp³-hybridized carbons (Fsp3) is 0.900. The first-order valence-corrected chi connectivity index (χ1v) is 7.63. The molecular formula is C10H19N3O4S. The van der Waals surface area contributed by atoms with Crippen LogP contribution in [0.15, 0.2) is 0 Å². The van der Waals surface area contributed by atoms with Gasteiger partial charge in [-0.1, -0.05) is 0 Å². The van der Waals surface area contributed by atoms with Crippen LogP contribution < -0.4 is 5.14 Å². The van der Waals surface area contributed by atoms with Crippen molar-refractivity contribution in [3.8, 4) is 0 Å². The molecule has 0 radical (unpaired) electrons. The molecule has 2 saturated heterocycles. The van der Waals surface area contributed by atoms with Gasteiger partial charge in [-0.05, 0) is 12.8 Å². The van der Waals surface area contributed by atoms with Crippen molar-refractivity contribution in [2.24, 2.45) is 11.1 Å². The first-order valence-electron chi connectivity index (χ1n) is 6.13. The summed E-state index contributed by atoms with van der Waals surface area (Å²) in [6.45, 7) is 2.68. The van der Waals surface area contributed by atoms with Crippen molar-refractivity contribution in [3.05, 3.63) is 0 Å². The molecule has 18 heavy (non-hydrogen) atoms. The summed E-state index contributed by atoms with van der Waals surface area (Å²) in [7, 11) is -3.62. The van der Waals surface area contributed by atoms with Gasteiger partial charge in [0.1, 0.15) is 0 Å². The lowest BCUT2D eigenvalue weighted by molar-refractivity contribution is -0.139. The molecule has 0 atom stereocenters. The summed E-state index contributed by atoms with van der Waals surface area (Å²) in [5.41, 5.74) is 0. The van der Waals surface area contributed by atoms with Crippen molar-refractivity contribution in [2.75, 3.05) is 39.4 Å². The fourth-order valence-electron chi connectivity index (χ4n) is 2.37. The van der Waals surface area contributed by atoms with Crippen LogP contribution >= 0.6 is 0 Å². The molecule has 0 unspecified atom stereocenters. The molecule has 0 aromatic carbocycles. The van der Waals surface area contributed by atoms with Gasteiger partial charge in [-0.25, -0.2) is 5.14 Å². The molecule has 0 aliphatic carbocycles. The maximum atomic E-state index is 12.2. The Kier molecular flexibility index (Phi) is 4.21. The van der Waals surface area contributed by atoms with E-state index in [0.29, 0.717) is 26.3 Å². The highest BCUT2D eigenvalue weighted by Gasteiger charge is 2.30. The lowest BCUT2D eigenvalue weighted by Crippen LogP contribution is -2.53. The lowest BCUT2D eigenvalue weighted by atomic mass is 9.98. The van der Waals surface area contributed by atoms with E-state index in [1.807, 2.05) is 0 Å². The molecule has 0 spiro atoms. The molecular weight excluding hydrogens is 258 g/mol. The molecule has 0 aromatic rings. The molecule has 2 N–H and O–H groups in total. The Hall–Kier alpha value is -0.700. The number of hydrogen-bond donors (Lipinski definition) is 1. The summed E-state index contributed by atoms with van der Waals surface area (Å²) in [4.78, 5) is 13.9. The van der Waals surface area contributed by atoms with Crippen molar-refractivity contribution in [2.45, 2.75) is 12.8 Å². The van der Waals surface area contributed by atoms with Crippen LogP contribution in [0.25, 0.3) is 0 Å². The van der Waals surface area contributed by atoms with Gasteiger partial charge >= 0.3 is 0 Å². The molecule has 0 saturated carbocycles. The Balaban J connectivity index is 1.87. The van der Waals surface area contributed by atoms with Crippen LogP contribution in [0.2, 0.25) is 0 Å². The van der Waals surface area contributed by atoms with Gasteiger partial charge in [0, 0.05) is 45.3 Å². The second kappa shape index (κ2) is 5.52. The van der Waals surface area contributed by atoms with E-state index in [0.717, 1.165) is 12.8 Å². The van der Waals surface area contributed by atoms with E-state index in [1.165, 1.54) is 4.31 Å². The van der Waals surface area contributed by atoms with E-state index in [4.69, 9.17) is 9.88 Å². The van der Waals surface area contributed by atoms with Gasteiger partial charge in [0.25, 0.3) is 10.2 Å². The highest BCUT2D eigenvalue weighted by atomic mass is 32.2. The molecule has 8 heteroatoms. The largest absolute Gasteiger partial charge is 0.381 e. The number of nitrogens with zero attached hydrogens (tertiary/aromatic N) is 2. The van der Waals surface area contributed by atoms with E-state index in [1.54, 1.807) is 4.90 Å². The zero-order chi connectivity index (χ0) is 13.2. The van der Waals surface area contributed by atoms with Crippen LogP contribution in [0.4, 0.5) is 0 Å². The van der Waals surface area contributed by atoms with Crippen molar-refractivity contribution in [3.63, 3.8) is 0 Å². The number of carbonyl (C=O) groups excluding carboxylic acids is 1. The summed E-state index contributed by atoms with van der Waals surface area (Å²) in [6, 6.07) is 0. The summed E-state index contributed by atoms with van der Waals surface area (Å²) < 4.78 is 28.7. The molecule has 0 bridgehead atoms. The van der Waals surface area contributed by atoms with E-state index < -0.39 is 10.2 Å². The lowest BCUT2D eigenvalue weighted by Gasteiger charge is -2.35. The van der Waals surface area contributed by atoms with Gasteiger partial charge in [-0.2, -0.15) is 12.7 Å². The third-order valence-corrected chi connectivity index (χ3v) is 4.57. The van der Waals surface area contributed by atoms with Gasteiger partial charge in [0.05, 0.1) is 0 Å². The molecule has 7 nitrogen and oxygen atoms in total. The molecule has 104 valence electrons. The van der Waals surface area contributed by atoms with Gasteiger partial charge in [0.2, 0.25) is 5.91 Å². The van der Waals surface area contributed by atoms with Crippen LogP contribution in [0.3, 0.4) is 0 Å². The number of amides is 1. The first kappa shape index (κ1) is 13.7. The molecule has 2 aliphatic heterocycles. The second-order valence-electron chi connectivity index (χ2n) is 4.66. The fourth-order valence-corrected chi connectivity index (χ4v) is 3.04. The van der Waals surface area contributed by atoms with Gasteiger partial charge in [0.15, 0.2) is 0 Å². The standard InChI is InChI=1S/C10H19N3O4S/c11-18(15,16)13-5-3-12(4-6-13)10(14)9-1-7-17-8-2-9/h9H,1-8H2,(H2,11,15,16). The third kappa shape index (κ3) is 3.19. The average molecular weight is 277 g/mol. The SMILES string of the molecule is NS(=O)(=O)N1CCN(C(=O)C2CCOCC2)CC1. The Labute approximate surface area is 107 Å². The Bertz CT molecular complexity index is 397. The van der Waals surface area contributed by atoms with Crippen molar-refractivity contribution in [1.29, 1.82) is 0 Å². The van der Waals surface area contributed by atoms with Crippen molar-refractivity contribution >= 4 is 16.1 Å². The van der Waals surface area contributed by atoms with Crippen molar-refractivity contribution < 1.29 is 17.9 Å². The molecule has 2 fully saturated rings. The average Bonchev–Trinajstić information content (AvgIpc) is 2.38. The van der Waals surface area contributed by atoms with Gasteiger partial charge in [-0.15, -0.1) is 0 Å². The minimum absolute atomic E-state index is 0.0276. The molecule has 2 heterocycles. The van der Waals surface area contributed by atoms with Crippen LogP contribution in [0.5, 0.6) is 0 Å². The highest BCUT2D eigenvalue weighted by molar-refractivity contribution is 7.86. The first-order chi connectivity index (χ1) is 8.48. The van der Waals surface area contributed by atoms with E-state index in [9.17, 15) is 13.2 Å². The summed E-state index contributed by atoms with van der Waals surface area (Å²) in [5.74, 6) is 0.146. The van der Waals surface area contributed by atoms with Crippen molar-refractivity contribution in [1.82, 2.24) is 9.21 Å². The predicted molar refractivity (Wildman–Crippen MR) is 64.8 cm³/mol.